The molecular formula is C14H21F2N5O. The molecule has 2 N–H and O–H groups in total. The van der Waals surface area contributed by atoms with Crippen molar-refractivity contribution in [3.8, 4) is 0 Å². The number of fused-ring (bicyclic) bond motifs is 1. The van der Waals surface area contributed by atoms with Gasteiger partial charge in [-0.05, 0) is 6.42 Å². The van der Waals surface area contributed by atoms with Gasteiger partial charge in [0.05, 0.1) is 19.1 Å². The van der Waals surface area contributed by atoms with Crippen LogP contribution in [0.1, 0.15) is 44.3 Å². The summed E-state index contributed by atoms with van der Waals surface area (Å²) in [6.07, 6.45) is 1.06. The molecule has 2 unspecified atom stereocenters. The summed E-state index contributed by atoms with van der Waals surface area (Å²) in [6, 6.07) is -0.892. The number of carbonyl (C=O) groups is 1. The van der Waals surface area contributed by atoms with E-state index < -0.39 is 24.9 Å². The van der Waals surface area contributed by atoms with Gasteiger partial charge in [-0.2, -0.15) is 5.10 Å². The summed E-state index contributed by atoms with van der Waals surface area (Å²) < 4.78 is 28.1. The molecule has 0 aromatic carbocycles. The van der Waals surface area contributed by atoms with Gasteiger partial charge in [0.25, 0.3) is 5.92 Å². The van der Waals surface area contributed by atoms with E-state index in [2.05, 4.69) is 20.7 Å². The third kappa shape index (κ3) is 3.11. The zero-order valence-corrected chi connectivity index (χ0v) is 12.8. The number of rotatable bonds is 3. The fourth-order valence-electron chi connectivity index (χ4n) is 2.89. The summed E-state index contributed by atoms with van der Waals surface area (Å²) >= 11 is 0. The zero-order chi connectivity index (χ0) is 15.9. The maximum Gasteiger partial charge on any atom is 0.262 e. The molecule has 1 aromatic heterocycles. The lowest BCUT2D eigenvalue weighted by atomic mass is 10.1. The van der Waals surface area contributed by atoms with Crippen molar-refractivity contribution < 1.29 is 13.6 Å². The third-order valence-electron chi connectivity index (χ3n) is 4.16. The Morgan fingerprint density at radius 1 is 1.50 bits per heavy atom. The molecule has 22 heavy (non-hydrogen) atoms. The lowest BCUT2D eigenvalue weighted by Gasteiger charge is -2.24. The first kappa shape index (κ1) is 15.3. The molecule has 0 aliphatic carbocycles. The monoisotopic (exact) mass is 313 g/mol. The van der Waals surface area contributed by atoms with Crippen molar-refractivity contribution in [2.75, 3.05) is 6.54 Å². The van der Waals surface area contributed by atoms with Crippen LogP contribution in [0.25, 0.3) is 0 Å². The summed E-state index contributed by atoms with van der Waals surface area (Å²) in [6.45, 7) is 4.18. The van der Waals surface area contributed by atoms with Gasteiger partial charge in [0.1, 0.15) is 5.82 Å². The van der Waals surface area contributed by atoms with Gasteiger partial charge < -0.3 is 5.32 Å². The van der Waals surface area contributed by atoms with Crippen molar-refractivity contribution in [1.29, 1.82) is 0 Å². The average molecular weight is 313 g/mol. The van der Waals surface area contributed by atoms with Crippen LogP contribution in [0.3, 0.4) is 0 Å². The molecule has 3 heterocycles. The van der Waals surface area contributed by atoms with Gasteiger partial charge in [0.2, 0.25) is 5.91 Å². The Kier molecular flexibility index (Phi) is 3.88. The molecule has 8 heteroatoms. The second-order valence-corrected chi connectivity index (χ2v) is 6.46. The molecular weight excluding hydrogens is 292 g/mol. The highest BCUT2D eigenvalue weighted by atomic mass is 19.3. The van der Waals surface area contributed by atoms with Crippen molar-refractivity contribution in [2.24, 2.45) is 0 Å². The summed E-state index contributed by atoms with van der Waals surface area (Å²) in [5, 5.41) is 9.88. The first-order valence-corrected chi connectivity index (χ1v) is 7.69. The van der Waals surface area contributed by atoms with Crippen LogP contribution in [0.4, 0.5) is 8.78 Å². The number of amides is 1. The number of aromatic nitrogens is 3. The minimum atomic E-state index is -2.79. The number of alkyl halides is 2. The van der Waals surface area contributed by atoms with E-state index in [1.807, 2.05) is 18.5 Å². The highest BCUT2D eigenvalue weighted by molar-refractivity contribution is 5.82. The number of nitrogens with one attached hydrogen (secondary N) is 2. The Hall–Kier alpha value is -1.57. The van der Waals surface area contributed by atoms with Gasteiger partial charge in [-0.1, -0.05) is 13.8 Å². The van der Waals surface area contributed by atoms with E-state index in [0.717, 1.165) is 24.5 Å². The fraction of sp³-hybridized carbons (Fsp3) is 0.786. The van der Waals surface area contributed by atoms with Crippen LogP contribution in [-0.2, 0) is 17.8 Å². The van der Waals surface area contributed by atoms with E-state index in [4.69, 9.17) is 0 Å². The number of carbonyl (C=O) groups excluding carboxylic acids is 1. The Balaban J connectivity index is 1.59. The minimum Gasteiger partial charge on any atom is -0.350 e. The Bertz CT molecular complexity index is 572. The van der Waals surface area contributed by atoms with E-state index in [1.165, 1.54) is 0 Å². The molecule has 122 valence electrons. The topological polar surface area (TPSA) is 71.8 Å². The van der Waals surface area contributed by atoms with Gasteiger partial charge >= 0.3 is 0 Å². The SMILES string of the molecule is CC(C)c1nc2n(n1)CC(NC(=O)C1CC(F)(F)CN1)CC2. The van der Waals surface area contributed by atoms with Crippen LogP contribution in [0.15, 0.2) is 0 Å². The molecule has 0 spiro atoms. The molecule has 3 rings (SSSR count). The molecule has 1 amide bonds. The number of hydrogen-bond acceptors (Lipinski definition) is 4. The molecule has 1 saturated heterocycles. The van der Waals surface area contributed by atoms with Crippen molar-refractivity contribution >= 4 is 5.91 Å². The Morgan fingerprint density at radius 2 is 2.27 bits per heavy atom. The maximum atomic E-state index is 13.1. The molecule has 6 nitrogen and oxygen atoms in total. The van der Waals surface area contributed by atoms with Crippen LogP contribution in [-0.4, -0.2) is 45.2 Å². The molecule has 2 aliphatic rings. The molecule has 1 fully saturated rings. The average Bonchev–Trinajstić information content (AvgIpc) is 3.01. The standard InChI is InChI=1S/C14H21F2N5O/c1-8(2)12-19-11-4-3-9(6-21(11)20-12)18-13(22)10-5-14(15,16)7-17-10/h8-10,17H,3-7H2,1-2H3,(H,18,22). The van der Waals surface area contributed by atoms with Crippen molar-refractivity contribution in [1.82, 2.24) is 25.4 Å². The normalized spacial score (nSPS) is 27.0. The van der Waals surface area contributed by atoms with Gasteiger partial charge in [-0.15, -0.1) is 0 Å². The molecule has 1 aromatic rings. The van der Waals surface area contributed by atoms with Crippen LogP contribution in [0, 0.1) is 0 Å². The summed E-state index contributed by atoms with van der Waals surface area (Å²) in [7, 11) is 0. The van der Waals surface area contributed by atoms with E-state index >= 15 is 0 Å². The second-order valence-electron chi connectivity index (χ2n) is 6.46. The summed E-state index contributed by atoms with van der Waals surface area (Å²) in [5.74, 6) is -1.15. The maximum absolute atomic E-state index is 13.1. The third-order valence-corrected chi connectivity index (χ3v) is 4.16. The van der Waals surface area contributed by atoms with E-state index in [1.54, 1.807) is 0 Å². The lowest BCUT2D eigenvalue weighted by Crippen LogP contribution is -2.48. The quantitative estimate of drug-likeness (QED) is 0.867. The van der Waals surface area contributed by atoms with Gasteiger partial charge in [0, 0.05) is 24.8 Å². The molecule has 0 bridgehead atoms. The minimum absolute atomic E-state index is 0.0854. The number of halogens is 2. The van der Waals surface area contributed by atoms with Gasteiger partial charge in [0.15, 0.2) is 5.82 Å². The largest absolute Gasteiger partial charge is 0.350 e. The molecule has 0 saturated carbocycles. The van der Waals surface area contributed by atoms with Crippen LogP contribution in [0.5, 0.6) is 0 Å². The lowest BCUT2D eigenvalue weighted by molar-refractivity contribution is -0.124. The molecule has 0 radical (unpaired) electrons. The van der Waals surface area contributed by atoms with Crippen LogP contribution in [0.2, 0.25) is 0 Å². The zero-order valence-electron chi connectivity index (χ0n) is 12.8. The summed E-state index contributed by atoms with van der Waals surface area (Å²) in [4.78, 5) is 16.6. The first-order chi connectivity index (χ1) is 10.3. The molecule has 2 atom stereocenters. The van der Waals surface area contributed by atoms with Crippen LogP contribution >= 0.6 is 0 Å². The molecule has 2 aliphatic heterocycles. The predicted octanol–water partition coefficient (Wildman–Crippen LogP) is 0.830. The van der Waals surface area contributed by atoms with Crippen molar-refractivity contribution in [2.45, 2.75) is 63.6 Å². The number of aryl methyl sites for hydroxylation is 1. The number of nitrogens with zero attached hydrogens (tertiary/aromatic N) is 3. The predicted molar refractivity (Wildman–Crippen MR) is 75.7 cm³/mol. The Labute approximate surface area is 127 Å². The first-order valence-electron chi connectivity index (χ1n) is 7.69. The van der Waals surface area contributed by atoms with E-state index in [9.17, 15) is 13.6 Å². The fourth-order valence-corrected chi connectivity index (χ4v) is 2.89. The Morgan fingerprint density at radius 3 is 2.91 bits per heavy atom. The van der Waals surface area contributed by atoms with Gasteiger partial charge in [-0.25, -0.2) is 18.4 Å². The van der Waals surface area contributed by atoms with E-state index in [0.29, 0.717) is 6.54 Å². The number of hydrogen-bond donors (Lipinski definition) is 2. The van der Waals surface area contributed by atoms with Gasteiger partial charge in [-0.3, -0.25) is 10.1 Å². The highest BCUT2D eigenvalue weighted by Crippen LogP contribution is 2.25. The van der Waals surface area contributed by atoms with Crippen molar-refractivity contribution in [3.05, 3.63) is 11.6 Å². The smallest absolute Gasteiger partial charge is 0.262 e. The van der Waals surface area contributed by atoms with Crippen LogP contribution < -0.4 is 10.6 Å². The second kappa shape index (κ2) is 5.57. The van der Waals surface area contributed by atoms with Crippen molar-refractivity contribution in [3.63, 3.8) is 0 Å². The van der Waals surface area contributed by atoms with E-state index in [-0.39, 0.29) is 17.9 Å². The highest BCUT2D eigenvalue weighted by Gasteiger charge is 2.42. The summed E-state index contributed by atoms with van der Waals surface area (Å²) in [5.41, 5.74) is 0.